The molecule has 3 aromatic rings. The van der Waals surface area contributed by atoms with E-state index in [0.717, 1.165) is 16.9 Å². The molecule has 0 bridgehead atoms. The van der Waals surface area contributed by atoms with E-state index in [1.165, 1.54) is 23.1 Å². The molecule has 7 nitrogen and oxygen atoms in total. The summed E-state index contributed by atoms with van der Waals surface area (Å²) in [5.41, 5.74) is 2.48. The van der Waals surface area contributed by atoms with Crippen LogP contribution in [0.4, 0.5) is 11.5 Å². The van der Waals surface area contributed by atoms with E-state index in [1.807, 2.05) is 38.1 Å². The second-order valence-corrected chi connectivity index (χ2v) is 6.03. The predicted molar refractivity (Wildman–Crippen MR) is 98.9 cm³/mol. The maximum atomic E-state index is 12.9. The van der Waals surface area contributed by atoms with E-state index in [-0.39, 0.29) is 11.3 Å². The van der Waals surface area contributed by atoms with Crippen LogP contribution in [-0.2, 0) is 0 Å². The summed E-state index contributed by atoms with van der Waals surface area (Å²) in [5, 5.41) is 15.7. The van der Waals surface area contributed by atoms with Crippen LogP contribution in [0.1, 0.15) is 21.6 Å². The van der Waals surface area contributed by atoms with Gasteiger partial charge in [-0.3, -0.25) is 19.8 Å². The molecule has 1 heterocycles. The van der Waals surface area contributed by atoms with Crippen LogP contribution < -0.4 is 4.90 Å². The summed E-state index contributed by atoms with van der Waals surface area (Å²) in [6.07, 6.45) is 0. The second-order valence-electron chi connectivity index (χ2n) is 6.03. The first kappa shape index (κ1) is 17.3. The Bertz CT molecular complexity index is 977. The number of hydrogen-bond acceptors (Lipinski definition) is 4. The summed E-state index contributed by atoms with van der Waals surface area (Å²) in [6.45, 7) is 3.82. The van der Waals surface area contributed by atoms with Gasteiger partial charge in [-0.15, -0.1) is 0 Å². The van der Waals surface area contributed by atoms with E-state index in [4.69, 9.17) is 0 Å². The Kier molecular flexibility index (Phi) is 4.53. The zero-order valence-electron chi connectivity index (χ0n) is 14.7. The molecular weight excluding hydrogens is 332 g/mol. The molecule has 7 heteroatoms. The summed E-state index contributed by atoms with van der Waals surface area (Å²) < 4.78 is 1.65. The minimum atomic E-state index is -0.552. The number of nitrogens with zero attached hydrogens (tertiary/aromatic N) is 4. The smallest absolute Gasteiger partial charge is 0.282 e. The number of anilines is 1. The molecule has 0 aliphatic heterocycles. The first-order valence-electron chi connectivity index (χ1n) is 8.03. The number of benzene rings is 2. The van der Waals surface area contributed by atoms with Crippen LogP contribution in [0.15, 0.2) is 54.6 Å². The molecule has 0 N–H and O–H groups in total. The van der Waals surface area contributed by atoms with Crippen molar-refractivity contribution in [3.8, 4) is 5.69 Å². The molecule has 2 aromatic carbocycles. The Balaban J connectivity index is 2.04. The van der Waals surface area contributed by atoms with Crippen LogP contribution in [-0.4, -0.2) is 27.7 Å². The summed E-state index contributed by atoms with van der Waals surface area (Å²) in [7, 11) is 1.58. The lowest BCUT2D eigenvalue weighted by molar-refractivity contribution is -0.385. The molecule has 3 rings (SSSR count). The first-order chi connectivity index (χ1) is 12.4. The SMILES string of the molecule is Cc1ccc(-n2nc(C)cc2N(C)C(=O)c2ccccc2[N+](=O)[O-])cc1. The van der Waals surface area contributed by atoms with Crippen LogP contribution in [0.2, 0.25) is 0 Å². The van der Waals surface area contributed by atoms with Gasteiger partial charge in [0, 0.05) is 19.2 Å². The minimum absolute atomic E-state index is 0.0364. The standard InChI is InChI=1S/C19H18N4O3/c1-13-8-10-15(11-9-13)22-18(12-14(2)20-22)21(3)19(24)16-6-4-5-7-17(16)23(25)26/h4-12H,1-3H3. The molecule has 0 radical (unpaired) electrons. The highest BCUT2D eigenvalue weighted by atomic mass is 16.6. The first-order valence-corrected chi connectivity index (χ1v) is 8.03. The summed E-state index contributed by atoms with van der Waals surface area (Å²) in [6, 6.07) is 15.4. The molecule has 0 spiro atoms. The molecule has 0 fully saturated rings. The number of rotatable bonds is 4. The van der Waals surface area contributed by atoms with E-state index < -0.39 is 10.8 Å². The summed E-state index contributed by atoms with van der Waals surface area (Å²) in [5.74, 6) is 0.0695. The third-order valence-electron chi connectivity index (χ3n) is 4.07. The molecule has 0 aliphatic carbocycles. The molecule has 0 unspecified atom stereocenters. The molecule has 26 heavy (non-hydrogen) atoms. The Morgan fingerprint density at radius 1 is 1.12 bits per heavy atom. The fourth-order valence-electron chi connectivity index (χ4n) is 2.70. The Morgan fingerprint density at radius 3 is 2.42 bits per heavy atom. The van der Waals surface area contributed by atoms with E-state index in [0.29, 0.717) is 5.82 Å². The number of nitro groups is 1. The van der Waals surface area contributed by atoms with Crippen molar-refractivity contribution in [3.63, 3.8) is 0 Å². The van der Waals surface area contributed by atoms with Crippen molar-refractivity contribution in [2.75, 3.05) is 11.9 Å². The van der Waals surface area contributed by atoms with E-state index in [9.17, 15) is 14.9 Å². The average Bonchev–Trinajstić information content (AvgIpc) is 3.02. The molecule has 0 atom stereocenters. The van der Waals surface area contributed by atoms with Gasteiger partial charge in [0.15, 0.2) is 0 Å². The van der Waals surface area contributed by atoms with Crippen molar-refractivity contribution >= 4 is 17.4 Å². The largest absolute Gasteiger partial charge is 0.295 e. The highest BCUT2D eigenvalue weighted by Crippen LogP contribution is 2.25. The van der Waals surface area contributed by atoms with Gasteiger partial charge in [-0.2, -0.15) is 5.10 Å². The quantitative estimate of drug-likeness (QED) is 0.531. The molecule has 1 aromatic heterocycles. The van der Waals surface area contributed by atoms with Crippen LogP contribution >= 0.6 is 0 Å². The van der Waals surface area contributed by atoms with Gasteiger partial charge in [0.1, 0.15) is 11.4 Å². The van der Waals surface area contributed by atoms with Gasteiger partial charge in [0.05, 0.1) is 16.3 Å². The number of para-hydroxylation sites is 1. The third kappa shape index (κ3) is 3.19. The molecule has 0 saturated carbocycles. The summed E-state index contributed by atoms with van der Waals surface area (Å²) in [4.78, 5) is 24.9. The highest BCUT2D eigenvalue weighted by molar-refractivity contribution is 6.08. The van der Waals surface area contributed by atoms with Gasteiger partial charge in [-0.05, 0) is 32.0 Å². The van der Waals surface area contributed by atoms with E-state index in [1.54, 1.807) is 23.9 Å². The lowest BCUT2D eigenvalue weighted by Crippen LogP contribution is -2.29. The Hall–Kier alpha value is -3.48. The normalized spacial score (nSPS) is 10.6. The number of aromatic nitrogens is 2. The van der Waals surface area contributed by atoms with Crippen molar-refractivity contribution < 1.29 is 9.72 Å². The topological polar surface area (TPSA) is 81.3 Å². The van der Waals surface area contributed by atoms with Crippen LogP contribution in [0.25, 0.3) is 5.69 Å². The summed E-state index contributed by atoms with van der Waals surface area (Å²) >= 11 is 0. The van der Waals surface area contributed by atoms with Gasteiger partial charge in [-0.1, -0.05) is 29.8 Å². The maximum Gasteiger partial charge on any atom is 0.282 e. The minimum Gasteiger partial charge on any atom is -0.295 e. The van der Waals surface area contributed by atoms with Gasteiger partial charge in [0.2, 0.25) is 0 Å². The van der Waals surface area contributed by atoms with Crippen molar-refractivity contribution in [2.45, 2.75) is 13.8 Å². The second kappa shape index (κ2) is 6.79. The lowest BCUT2D eigenvalue weighted by Gasteiger charge is -2.18. The van der Waals surface area contributed by atoms with Gasteiger partial charge in [-0.25, -0.2) is 4.68 Å². The zero-order chi connectivity index (χ0) is 18.8. The molecule has 1 amide bonds. The molecular formula is C19H18N4O3. The van der Waals surface area contributed by atoms with Gasteiger partial charge < -0.3 is 0 Å². The van der Waals surface area contributed by atoms with Crippen LogP contribution in [0, 0.1) is 24.0 Å². The molecule has 132 valence electrons. The van der Waals surface area contributed by atoms with Crippen LogP contribution in [0.3, 0.4) is 0 Å². The fraction of sp³-hybridized carbons (Fsp3) is 0.158. The molecule has 0 saturated heterocycles. The monoisotopic (exact) mass is 350 g/mol. The van der Waals surface area contributed by atoms with Crippen molar-refractivity contribution in [1.29, 1.82) is 0 Å². The molecule has 0 aliphatic rings. The van der Waals surface area contributed by atoms with Gasteiger partial charge in [0.25, 0.3) is 11.6 Å². The van der Waals surface area contributed by atoms with Crippen molar-refractivity contribution in [2.24, 2.45) is 0 Å². The zero-order valence-corrected chi connectivity index (χ0v) is 14.7. The number of nitro benzene ring substituents is 1. The van der Waals surface area contributed by atoms with E-state index in [2.05, 4.69) is 5.10 Å². The van der Waals surface area contributed by atoms with Crippen LogP contribution in [0.5, 0.6) is 0 Å². The van der Waals surface area contributed by atoms with Crippen molar-refractivity contribution in [1.82, 2.24) is 9.78 Å². The lowest BCUT2D eigenvalue weighted by atomic mass is 10.1. The number of carbonyl (C=O) groups is 1. The fourth-order valence-corrected chi connectivity index (χ4v) is 2.70. The Labute approximate surface area is 150 Å². The Morgan fingerprint density at radius 2 is 1.77 bits per heavy atom. The number of hydrogen-bond donors (Lipinski definition) is 0. The van der Waals surface area contributed by atoms with E-state index >= 15 is 0 Å². The third-order valence-corrected chi connectivity index (χ3v) is 4.07. The number of aryl methyl sites for hydroxylation is 2. The van der Waals surface area contributed by atoms with Crippen molar-refractivity contribution in [3.05, 3.63) is 81.5 Å². The number of carbonyl (C=O) groups excluding carboxylic acids is 1. The average molecular weight is 350 g/mol. The number of amides is 1. The highest BCUT2D eigenvalue weighted by Gasteiger charge is 2.25. The van der Waals surface area contributed by atoms with Gasteiger partial charge >= 0.3 is 0 Å². The maximum absolute atomic E-state index is 12.9. The predicted octanol–water partition coefficient (Wildman–Crippen LogP) is 3.67.